The largest absolute Gasteiger partial charge is 0.339 e. The maximum atomic E-state index is 14.7. The maximum Gasteiger partial charge on any atom is 0.272 e. The minimum Gasteiger partial charge on any atom is -0.339 e. The molecular weight excluding hydrogens is 483 g/mol. The van der Waals surface area contributed by atoms with E-state index < -0.39 is 11.7 Å². The molecule has 0 atom stereocenters. The topological polar surface area (TPSA) is 77.9 Å². The highest BCUT2D eigenvalue weighted by Gasteiger charge is 2.26. The summed E-state index contributed by atoms with van der Waals surface area (Å²) in [5.74, 6) is -0.985. The Morgan fingerprint density at radius 1 is 0.944 bits per heavy atom. The number of benzene rings is 2. The number of aromatic nitrogens is 2. The van der Waals surface area contributed by atoms with E-state index in [2.05, 4.69) is 4.98 Å². The Hall–Kier alpha value is -3.91. The van der Waals surface area contributed by atoms with E-state index in [1.54, 1.807) is 44.8 Å². The third-order valence-corrected chi connectivity index (χ3v) is 6.67. The molecule has 0 radical (unpaired) electrons. The van der Waals surface area contributed by atoms with Crippen molar-refractivity contribution < 1.29 is 14.0 Å². The van der Waals surface area contributed by atoms with Gasteiger partial charge >= 0.3 is 0 Å². The van der Waals surface area contributed by atoms with Gasteiger partial charge in [0.1, 0.15) is 11.3 Å². The van der Waals surface area contributed by atoms with E-state index >= 15 is 0 Å². The second-order valence-corrected chi connectivity index (χ2v) is 9.29. The second kappa shape index (κ2) is 9.99. The van der Waals surface area contributed by atoms with Crippen molar-refractivity contribution in [2.24, 2.45) is 0 Å². The van der Waals surface area contributed by atoms with Crippen LogP contribution in [0.15, 0.2) is 71.8 Å². The summed E-state index contributed by atoms with van der Waals surface area (Å²) in [7, 11) is 0. The van der Waals surface area contributed by atoms with Crippen molar-refractivity contribution in [2.45, 2.75) is 12.8 Å². The Labute approximate surface area is 211 Å². The van der Waals surface area contributed by atoms with Crippen LogP contribution in [0, 0.1) is 5.82 Å². The fourth-order valence-electron chi connectivity index (χ4n) is 4.54. The van der Waals surface area contributed by atoms with Crippen LogP contribution in [-0.2, 0) is 17.6 Å². The van der Waals surface area contributed by atoms with Crippen LogP contribution in [0.1, 0.15) is 27.2 Å². The molecule has 2 aromatic heterocycles. The molecule has 0 spiro atoms. The van der Waals surface area contributed by atoms with Crippen molar-refractivity contribution in [3.63, 3.8) is 0 Å². The number of nitrogens with zero attached hydrogens (tertiary/aromatic N) is 3. The van der Waals surface area contributed by atoms with E-state index in [1.807, 2.05) is 30.3 Å². The Kier molecular flexibility index (Phi) is 6.61. The lowest BCUT2D eigenvalue weighted by Crippen LogP contribution is -2.51. The third kappa shape index (κ3) is 4.90. The van der Waals surface area contributed by atoms with Crippen LogP contribution < -0.4 is 5.56 Å². The van der Waals surface area contributed by atoms with Crippen molar-refractivity contribution in [3.8, 4) is 0 Å². The first kappa shape index (κ1) is 23.8. The molecule has 1 aliphatic rings. The van der Waals surface area contributed by atoms with Crippen LogP contribution in [0.3, 0.4) is 0 Å². The van der Waals surface area contributed by atoms with Gasteiger partial charge in [0.2, 0.25) is 5.91 Å². The molecule has 1 N–H and O–H groups in total. The van der Waals surface area contributed by atoms with Crippen LogP contribution in [0.5, 0.6) is 0 Å². The average molecular weight is 507 g/mol. The van der Waals surface area contributed by atoms with Crippen molar-refractivity contribution in [1.82, 2.24) is 19.2 Å². The van der Waals surface area contributed by atoms with Gasteiger partial charge < -0.3 is 19.2 Å². The number of rotatable bonds is 5. The number of fused-ring (bicyclic) bond motifs is 1. The number of hydrogen-bond acceptors (Lipinski definition) is 3. The Bertz CT molecular complexity index is 1490. The predicted molar refractivity (Wildman–Crippen MR) is 135 cm³/mol. The van der Waals surface area contributed by atoms with E-state index in [0.717, 1.165) is 16.8 Å². The van der Waals surface area contributed by atoms with Crippen molar-refractivity contribution in [3.05, 3.63) is 111 Å². The lowest BCUT2D eigenvalue weighted by atomic mass is 10.0. The van der Waals surface area contributed by atoms with E-state index in [-0.39, 0.29) is 17.0 Å². The first-order chi connectivity index (χ1) is 17.4. The second-order valence-electron chi connectivity index (χ2n) is 8.85. The van der Waals surface area contributed by atoms with E-state index in [1.165, 1.54) is 6.07 Å². The average Bonchev–Trinajstić information content (AvgIpc) is 3.30. The Morgan fingerprint density at radius 3 is 2.42 bits per heavy atom. The zero-order valence-electron chi connectivity index (χ0n) is 19.4. The van der Waals surface area contributed by atoms with Crippen molar-refractivity contribution in [1.29, 1.82) is 0 Å². The van der Waals surface area contributed by atoms with Gasteiger partial charge in [0, 0.05) is 50.7 Å². The Morgan fingerprint density at radius 2 is 1.67 bits per heavy atom. The highest BCUT2D eigenvalue weighted by atomic mass is 35.5. The molecule has 9 heteroatoms. The van der Waals surface area contributed by atoms with Crippen LogP contribution in [0.25, 0.3) is 5.52 Å². The molecule has 1 saturated heterocycles. The lowest BCUT2D eigenvalue weighted by Gasteiger charge is -2.35. The van der Waals surface area contributed by atoms with E-state index in [4.69, 9.17) is 11.6 Å². The molecule has 0 aliphatic carbocycles. The molecule has 0 saturated carbocycles. The molecule has 3 heterocycles. The first-order valence-corrected chi connectivity index (χ1v) is 12.0. The van der Waals surface area contributed by atoms with Gasteiger partial charge in [-0.3, -0.25) is 14.4 Å². The summed E-state index contributed by atoms with van der Waals surface area (Å²) < 4.78 is 16.4. The molecule has 1 fully saturated rings. The fourth-order valence-corrected chi connectivity index (χ4v) is 4.74. The monoisotopic (exact) mass is 506 g/mol. The number of aromatic amines is 1. The highest BCUT2D eigenvalue weighted by molar-refractivity contribution is 6.31. The number of carbonyl (C=O) groups excluding carboxylic acids is 2. The number of H-pyrrole nitrogens is 1. The number of halogens is 2. The number of hydrogen-bond donors (Lipinski definition) is 1. The summed E-state index contributed by atoms with van der Waals surface area (Å²) >= 11 is 6.08. The smallest absolute Gasteiger partial charge is 0.272 e. The molecule has 0 unspecified atom stereocenters. The van der Waals surface area contributed by atoms with E-state index in [9.17, 15) is 18.8 Å². The lowest BCUT2D eigenvalue weighted by molar-refractivity contribution is -0.131. The zero-order chi connectivity index (χ0) is 25.2. The van der Waals surface area contributed by atoms with Crippen LogP contribution >= 0.6 is 11.6 Å². The normalized spacial score (nSPS) is 13.8. The minimum absolute atomic E-state index is 0.0113. The van der Waals surface area contributed by atoms with Crippen LogP contribution in [0.4, 0.5) is 4.39 Å². The van der Waals surface area contributed by atoms with Gasteiger partial charge in [-0.25, -0.2) is 4.39 Å². The van der Waals surface area contributed by atoms with Gasteiger partial charge in [0.15, 0.2) is 0 Å². The summed E-state index contributed by atoms with van der Waals surface area (Å²) in [6.45, 7) is 1.49. The minimum atomic E-state index is -0.595. The van der Waals surface area contributed by atoms with Gasteiger partial charge in [-0.05, 0) is 29.3 Å². The number of carbonyl (C=O) groups is 2. The molecule has 4 aromatic rings. The van der Waals surface area contributed by atoms with Crippen LogP contribution in [0.2, 0.25) is 5.02 Å². The number of nitrogens with one attached hydrogen (secondary N) is 1. The molecule has 184 valence electrons. The zero-order valence-corrected chi connectivity index (χ0v) is 20.2. The molecule has 1 aliphatic heterocycles. The van der Waals surface area contributed by atoms with Gasteiger partial charge in [-0.2, -0.15) is 0 Å². The standard InChI is InChI=1S/C27H24ClFN4O3/c28-20-15-24-26(35)30-16-21(33(24)17-20)12-19-6-7-23(29)22(13-19)27(36)32-10-8-31(9-11-32)25(34)14-18-4-2-1-3-5-18/h1-7,13,15-17H,8-12,14H2,(H,30,35). The SMILES string of the molecule is O=C(Cc1ccccc1)N1CCN(C(=O)c2cc(Cc3c[nH]c(=O)c4cc(Cl)cn34)ccc2F)CC1. The van der Waals surface area contributed by atoms with Gasteiger partial charge in [-0.15, -0.1) is 0 Å². The van der Waals surface area contributed by atoms with Crippen molar-refractivity contribution >= 4 is 28.9 Å². The maximum absolute atomic E-state index is 14.7. The van der Waals surface area contributed by atoms with Gasteiger partial charge in [-0.1, -0.05) is 48.0 Å². The van der Waals surface area contributed by atoms with E-state index in [0.29, 0.717) is 49.6 Å². The molecule has 2 amide bonds. The summed E-state index contributed by atoms with van der Waals surface area (Å²) in [4.78, 5) is 43.9. The quantitative estimate of drug-likeness (QED) is 0.450. The summed E-state index contributed by atoms with van der Waals surface area (Å²) in [6.07, 6.45) is 3.91. The molecule has 36 heavy (non-hydrogen) atoms. The molecular formula is C27H24ClFN4O3. The molecule has 7 nitrogen and oxygen atoms in total. The molecule has 2 aromatic carbocycles. The summed E-state index contributed by atoms with van der Waals surface area (Å²) in [5.41, 5.74) is 2.55. The molecule has 5 rings (SSSR count). The predicted octanol–water partition coefficient (Wildman–Crippen LogP) is 3.54. The summed E-state index contributed by atoms with van der Waals surface area (Å²) in [5, 5.41) is 0.435. The first-order valence-electron chi connectivity index (χ1n) is 11.7. The Balaban J connectivity index is 1.27. The number of piperazine rings is 1. The third-order valence-electron chi connectivity index (χ3n) is 6.46. The molecule has 0 bridgehead atoms. The summed E-state index contributed by atoms with van der Waals surface area (Å²) in [6, 6.07) is 15.6. The van der Waals surface area contributed by atoms with Gasteiger partial charge in [0.05, 0.1) is 17.0 Å². The van der Waals surface area contributed by atoms with Crippen molar-refractivity contribution in [2.75, 3.05) is 26.2 Å². The fraction of sp³-hybridized carbons (Fsp3) is 0.222. The van der Waals surface area contributed by atoms with Gasteiger partial charge in [0.25, 0.3) is 11.5 Å². The highest BCUT2D eigenvalue weighted by Crippen LogP contribution is 2.20. The number of amides is 2. The van der Waals surface area contributed by atoms with Crippen LogP contribution in [-0.4, -0.2) is 57.2 Å².